The summed E-state index contributed by atoms with van der Waals surface area (Å²) in [7, 11) is 1.53. The molecule has 0 bridgehead atoms. The Balaban J connectivity index is 2.08. The van der Waals surface area contributed by atoms with Crippen molar-refractivity contribution in [3.8, 4) is 0 Å². The number of rotatable bonds is 2. The van der Waals surface area contributed by atoms with E-state index >= 15 is 0 Å². The number of nitrogens with one attached hydrogen (secondary N) is 1. The van der Waals surface area contributed by atoms with E-state index in [9.17, 15) is 0 Å². The maximum Gasteiger partial charge on any atom is 0.238 e. The van der Waals surface area contributed by atoms with Crippen LogP contribution in [0.3, 0.4) is 0 Å². The Morgan fingerprint density at radius 3 is 2.67 bits per heavy atom. The fraction of sp³-hybridized carbons (Fsp3) is 1.00. The van der Waals surface area contributed by atoms with Crippen molar-refractivity contribution < 1.29 is 14.3 Å². The lowest BCUT2D eigenvalue weighted by Gasteiger charge is -2.22. The van der Waals surface area contributed by atoms with E-state index in [4.69, 9.17) is 9.47 Å². The third-order valence-corrected chi connectivity index (χ3v) is 1.04. The second kappa shape index (κ2) is 3.79. The van der Waals surface area contributed by atoms with Gasteiger partial charge in [-0.2, -0.15) is 0 Å². The standard InChI is InChI=1S/C5H11NO3/c1-7-6-5-8-3-2-4-9-5/h5-6H,2-4H2,1H3. The van der Waals surface area contributed by atoms with Crippen molar-refractivity contribution in [1.82, 2.24) is 5.48 Å². The van der Waals surface area contributed by atoms with Crippen LogP contribution in [0.2, 0.25) is 0 Å². The molecular weight excluding hydrogens is 122 g/mol. The van der Waals surface area contributed by atoms with Crippen LogP contribution in [0.4, 0.5) is 0 Å². The first kappa shape index (κ1) is 6.95. The zero-order valence-corrected chi connectivity index (χ0v) is 5.42. The van der Waals surface area contributed by atoms with Gasteiger partial charge in [0.05, 0.1) is 20.3 Å². The highest BCUT2D eigenvalue weighted by Gasteiger charge is 2.11. The molecule has 1 heterocycles. The van der Waals surface area contributed by atoms with Crippen molar-refractivity contribution in [2.75, 3.05) is 20.3 Å². The monoisotopic (exact) mass is 133 g/mol. The number of hydrogen-bond donors (Lipinski definition) is 1. The summed E-state index contributed by atoms with van der Waals surface area (Å²) >= 11 is 0. The SMILES string of the molecule is CONC1OCCCO1. The third kappa shape index (κ3) is 2.28. The van der Waals surface area contributed by atoms with Crippen LogP contribution in [0.5, 0.6) is 0 Å². The molecule has 1 N–H and O–H groups in total. The fourth-order valence-electron chi connectivity index (χ4n) is 0.652. The summed E-state index contributed by atoms with van der Waals surface area (Å²) in [5.74, 6) is 0. The summed E-state index contributed by atoms with van der Waals surface area (Å²) in [5.41, 5.74) is 2.54. The van der Waals surface area contributed by atoms with Crippen LogP contribution in [-0.4, -0.2) is 26.7 Å². The smallest absolute Gasteiger partial charge is 0.238 e. The molecule has 0 aromatic heterocycles. The second-order valence-corrected chi connectivity index (χ2v) is 1.75. The van der Waals surface area contributed by atoms with Gasteiger partial charge in [-0.1, -0.05) is 0 Å². The summed E-state index contributed by atoms with van der Waals surface area (Å²) in [6.07, 6.45) is 0.589. The topological polar surface area (TPSA) is 39.7 Å². The first-order valence-electron chi connectivity index (χ1n) is 2.95. The van der Waals surface area contributed by atoms with Gasteiger partial charge in [0.25, 0.3) is 0 Å². The molecule has 0 aromatic carbocycles. The Bertz CT molecular complexity index is 69.8. The van der Waals surface area contributed by atoms with E-state index in [1.54, 1.807) is 0 Å². The van der Waals surface area contributed by atoms with Crippen molar-refractivity contribution in [3.05, 3.63) is 0 Å². The molecular formula is C5H11NO3. The van der Waals surface area contributed by atoms with Gasteiger partial charge in [-0.15, -0.1) is 5.48 Å². The molecule has 54 valence electrons. The maximum absolute atomic E-state index is 5.06. The van der Waals surface area contributed by atoms with Gasteiger partial charge in [0.15, 0.2) is 0 Å². The van der Waals surface area contributed by atoms with Crippen LogP contribution in [0.1, 0.15) is 6.42 Å². The minimum Gasteiger partial charge on any atom is -0.338 e. The van der Waals surface area contributed by atoms with E-state index in [0.717, 1.165) is 19.6 Å². The van der Waals surface area contributed by atoms with Crippen LogP contribution in [-0.2, 0) is 14.3 Å². The van der Waals surface area contributed by atoms with E-state index in [2.05, 4.69) is 10.3 Å². The molecule has 1 aliphatic rings. The van der Waals surface area contributed by atoms with Gasteiger partial charge in [0.1, 0.15) is 0 Å². The lowest BCUT2D eigenvalue weighted by molar-refractivity contribution is -0.240. The zero-order valence-electron chi connectivity index (χ0n) is 5.42. The Morgan fingerprint density at radius 2 is 2.11 bits per heavy atom. The molecule has 0 amide bonds. The quantitative estimate of drug-likeness (QED) is 0.532. The van der Waals surface area contributed by atoms with E-state index in [1.807, 2.05) is 0 Å². The van der Waals surface area contributed by atoms with Gasteiger partial charge >= 0.3 is 0 Å². The van der Waals surface area contributed by atoms with Gasteiger partial charge < -0.3 is 14.3 Å². The molecule has 1 saturated heterocycles. The van der Waals surface area contributed by atoms with Crippen LogP contribution < -0.4 is 5.48 Å². The average Bonchev–Trinajstić information content (AvgIpc) is 1.91. The molecule has 0 unspecified atom stereocenters. The normalized spacial score (nSPS) is 22.3. The third-order valence-electron chi connectivity index (χ3n) is 1.04. The van der Waals surface area contributed by atoms with Crippen molar-refractivity contribution in [2.24, 2.45) is 0 Å². The zero-order chi connectivity index (χ0) is 6.53. The minimum atomic E-state index is -0.372. The average molecular weight is 133 g/mol. The van der Waals surface area contributed by atoms with Crippen molar-refractivity contribution >= 4 is 0 Å². The largest absolute Gasteiger partial charge is 0.338 e. The first-order chi connectivity index (χ1) is 4.43. The molecule has 0 aromatic rings. The second-order valence-electron chi connectivity index (χ2n) is 1.75. The first-order valence-corrected chi connectivity index (χ1v) is 2.95. The van der Waals surface area contributed by atoms with Crippen LogP contribution >= 0.6 is 0 Å². The van der Waals surface area contributed by atoms with Gasteiger partial charge in [-0.3, -0.25) is 0 Å². The summed E-state index contributed by atoms with van der Waals surface area (Å²) in [5, 5.41) is 0. The van der Waals surface area contributed by atoms with Crippen LogP contribution in [0.25, 0.3) is 0 Å². The maximum atomic E-state index is 5.06. The van der Waals surface area contributed by atoms with Crippen molar-refractivity contribution in [2.45, 2.75) is 12.8 Å². The van der Waals surface area contributed by atoms with Gasteiger partial charge in [0, 0.05) is 0 Å². The fourth-order valence-corrected chi connectivity index (χ4v) is 0.652. The molecule has 0 saturated carbocycles. The highest BCUT2D eigenvalue weighted by molar-refractivity contribution is 4.42. The molecule has 0 atom stereocenters. The summed E-state index contributed by atoms with van der Waals surface area (Å²) in [6.45, 7) is 1.47. The number of hydroxylamine groups is 1. The Hall–Kier alpha value is -0.160. The predicted octanol–water partition coefficient (Wildman–Crippen LogP) is -0.142. The Kier molecular flexibility index (Phi) is 2.93. The van der Waals surface area contributed by atoms with E-state index in [1.165, 1.54) is 7.11 Å². The lowest BCUT2D eigenvalue weighted by atomic mass is 10.5. The molecule has 4 heteroatoms. The van der Waals surface area contributed by atoms with Crippen molar-refractivity contribution in [1.29, 1.82) is 0 Å². The molecule has 1 fully saturated rings. The van der Waals surface area contributed by atoms with Crippen molar-refractivity contribution in [3.63, 3.8) is 0 Å². The molecule has 0 radical (unpaired) electrons. The lowest BCUT2D eigenvalue weighted by Crippen LogP contribution is -2.37. The predicted molar refractivity (Wildman–Crippen MR) is 30.5 cm³/mol. The summed E-state index contributed by atoms with van der Waals surface area (Å²) in [6, 6.07) is 0. The van der Waals surface area contributed by atoms with Gasteiger partial charge in [-0.25, -0.2) is 0 Å². The summed E-state index contributed by atoms with van der Waals surface area (Å²) < 4.78 is 10.1. The van der Waals surface area contributed by atoms with Gasteiger partial charge in [0.2, 0.25) is 6.41 Å². The van der Waals surface area contributed by atoms with Crippen LogP contribution in [0.15, 0.2) is 0 Å². The molecule has 1 rings (SSSR count). The van der Waals surface area contributed by atoms with Gasteiger partial charge in [-0.05, 0) is 6.42 Å². The Morgan fingerprint density at radius 1 is 1.44 bits per heavy atom. The number of ether oxygens (including phenoxy) is 2. The molecule has 1 aliphatic heterocycles. The van der Waals surface area contributed by atoms with E-state index < -0.39 is 0 Å². The summed E-state index contributed by atoms with van der Waals surface area (Å²) in [4.78, 5) is 4.58. The molecule has 0 aliphatic carbocycles. The van der Waals surface area contributed by atoms with Crippen LogP contribution in [0, 0.1) is 0 Å². The van der Waals surface area contributed by atoms with E-state index in [-0.39, 0.29) is 6.41 Å². The highest BCUT2D eigenvalue weighted by atomic mass is 16.8. The highest BCUT2D eigenvalue weighted by Crippen LogP contribution is 2.00. The molecule has 4 nitrogen and oxygen atoms in total. The molecule has 9 heavy (non-hydrogen) atoms. The minimum absolute atomic E-state index is 0.372. The molecule has 0 spiro atoms. The number of hydrogen-bond acceptors (Lipinski definition) is 4. The van der Waals surface area contributed by atoms with E-state index in [0.29, 0.717) is 0 Å². The Labute approximate surface area is 54.0 Å².